The van der Waals surface area contributed by atoms with Crippen molar-refractivity contribution in [1.29, 1.82) is 0 Å². The molecule has 0 radical (unpaired) electrons. The molecule has 0 saturated carbocycles. The molecule has 1 aliphatic rings. The van der Waals surface area contributed by atoms with Gasteiger partial charge >= 0.3 is 5.97 Å². The summed E-state index contributed by atoms with van der Waals surface area (Å²) in [6.45, 7) is 4.48. The van der Waals surface area contributed by atoms with Gasteiger partial charge in [0.25, 0.3) is 5.56 Å². The predicted molar refractivity (Wildman–Crippen MR) is 166 cm³/mol. The number of carbonyl (C=O) groups is 1. The van der Waals surface area contributed by atoms with Gasteiger partial charge in [-0.1, -0.05) is 60.7 Å². The number of fused-ring (bicyclic) bond motifs is 2. The van der Waals surface area contributed by atoms with Crippen molar-refractivity contribution in [3.8, 4) is 17.2 Å². The van der Waals surface area contributed by atoms with E-state index in [9.17, 15) is 9.59 Å². The monoisotopic (exact) mass is 602 g/mol. The van der Waals surface area contributed by atoms with Crippen LogP contribution in [-0.4, -0.2) is 51.7 Å². The fourth-order valence-electron chi connectivity index (χ4n) is 5.18. The predicted octanol–water partition coefficient (Wildman–Crippen LogP) is 4.38. The van der Waals surface area contributed by atoms with Crippen LogP contribution in [0.15, 0.2) is 75.7 Å². The number of aromatic nitrogens is 1. The second-order valence-electron chi connectivity index (χ2n) is 9.84. The minimum atomic E-state index is -0.858. The number of nitrogens with zero attached hydrogens (tertiary/aromatic N) is 2. The second kappa shape index (κ2) is 13.3. The molecule has 1 aliphatic heterocycles. The molecular weight excluding hydrogens is 568 g/mol. The highest BCUT2D eigenvalue weighted by Gasteiger charge is 2.36. The maximum absolute atomic E-state index is 14.3. The van der Waals surface area contributed by atoms with Crippen molar-refractivity contribution in [2.24, 2.45) is 4.99 Å². The minimum absolute atomic E-state index is 0.0606. The molecule has 0 spiro atoms. The minimum Gasteiger partial charge on any atom is -0.496 e. The Morgan fingerprint density at radius 2 is 1.72 bits per heavy atom. The van der Waals surface area contributed by atoms with E-state index in [0.29, 0.717) is 38.7 Å². The molecule has 0 bridgehead atoms. The Balaban J connectivity index is 1.75. The highest BCUT2D eigenvalue weighted by Crippen LogP contribution is 2.41. The summed E-state index contributed by atoms with van der Waals surface area (Å²) in [5, 5.41) is 1.89. The van der Waals surface area contributed by atoms with Gasteiger partial charge in [0.2, 0.25) is 0 Å². The van der Waals surface area contributed by atoms with Gasteiger partial charge < -0.3 is 23.7 Å². The van der Waals surface area contributed by atoms with Gasteiger partial charge in [-0.2, -0.15) is 0 Å². The molecule has 1 aromatic heterocycles. The van der Waals surface area contributed by atoms with Crippen LogP contribution in [0.25, 0.3) is 16.8 Å². The average molecular weight is 603 g/mol. The maximum Gasteiger partial charge on any atom is 0.338 e. The number of allylic oxidation sites excluding steroid dienone is 1. The topological polar surface area (TPSA) is 97.6 Å². The molecule has 0 fully saturated rings. The van der Waals surface area contributed by atoms with Gasteiger partial charge in [0, 0.05) is 18.1 Å². The van der Waals surface area contributed by atoms with E-state index in [1.54, 1.807) is 31.8 Å². The van der Waals surface area contributed by atoms with Gasteiger partial charge in [-0.05, 0) is 42.5 Å². The van der Waals surface area contributed by atoms with E-state index in [2.05, 4.69) is 0 Å². The smallest absolute Gasteiger partial charge is 0.338 e. The molecule has 43 heavy (non-hydrogen) atoms. The number of hydrogen-bond acceptors (Lipinski definition) is 9. The molecule has 0 aliphatic carbocycles. The Labute approximate surface area is 253 Å². The number of ether oxygens (including phenoxy) is 5. The number of methoxy groups -OCH3 is 3. The summed E-state index contributed by atoms with van der Waals surface area (Å²) in [7, 11) is 4.73. The number of hydrogen-bond donors (Lipinski definition) is 0. The van der Waals surface area contributed by atoms with Crippen molar-refractivity contribution in [2.75, 3.05) is 41.2 Å². The first-order valence-corrected chi connectivity index (χ1v) is 14.8. The highest BCUT2D eigenvalue weighted by molar-refractivity contribution is 7.07. The number of carbonyl (C=O) groups excluding carboxylic acids is 1. The Bertz CT molecular complexity index is 1870. The normalized spacial score (nSPS) is 14.8. The first kappa shape index (κ1) is 30.1. The SMILES string of the molecule is CCCOc1c(OC)cccc1[C@H]1C(C(=O)OCCOC)=C(C)N=c2s/c(=C/c3ccc(OC)c4ccccc34)c(=O)n21. The third kappa shape index (κ3) is 5.80. The van der Waals surface area contributed by atoms with Crippen LogP contribution in [0.1, 0.15) is 37.4 Å². The number of rotatable bonds is 11. The molecule has 4 aromatic rings. The van der Waals surface area contributed by atoms with Crippen LogP contribution in [0.3, 0.4) is 0 Å². The first-order valence-electron chi connectivity index (χ1n) is 14.0. The lowest BCUT2D eigenvalue weighted by Crippen LogP contribution is -2.40. The zero-order valence-corrected chi connectivity index (χ0v) is 25.7. The van der Waals surface area contributed by atoms with Crippen LogP contribution in [0.2, 0.25) is 0 Å². The molecule has 0 unspecified atom stereocenters. The zero-order chi connectivity index (χ0) is 30.5. The van der Waals surface area contributed by atoms with Crippen LogP contribution in [0.4, 0.5) is 0 Å². The van der Waals surface area contributed by atoms with E-state index in [4.69, 9.17) is 28.7 Å². The van der Waals surface area contributed by atoms with Gasteiger partial charge in [0.1, 0.15) is 18.4 Å². The van der Waals surface area contributed by atoms with Crippen LogP contribution in [-0.2, 0) is 14.3 Å². The first-order chi connectivity index (χ1) is 20.9. The summed E-state index contributed by atoms with van der Waals surface area (Å²) in [4.78, 5) is 33.0. The lowest BCUT2D eigenvalue weighted by atomic mass is 9.94. The van der Waals surface area contributed by atoms with Gasteiger partial charge in [-0.25, -0.2) is 9.79 Å². The Kier molecular flexibility index (Phi) is 9.27. The summed E-state index contributed by atoms with van der Waals surface area (Å²) in [5.74, 6) is 1.13. The van der Waals surface area contributed by atoms with Crippen LogP contribution < -0.4 is 29.1 Å². The van der Waals surface area contributed by atoms with Crippen molar-refractivity contribution in [3.63, 3.8) is 0 Å². The molecule has 10 heteroatoms. The summed E-state index contributed by atoms with van der Waals surface area (Å²) < 4.78 is 30.0. The number of thiazole rings is 1. The molecule has 9 nitrogen and oxygen atoms in total. The van der Waals surface area contributed by atoms with E-state index in [1.165, 1.54) is 18.4 Å². The Hall–Kier alpha value is -4.41. The Morgan fingerprint density at radius 1 is 0.953 bits per heavy atom. The Morgan fingerprint density at radius 3 is 2.44 bits per heavy atom. The largest absolute Gasteiger partial charge is 0.496 e. The van der Waals surface area contributed by atoms with Crippen LogP contribution in [0.5, 0.6) is 17.2 Å². The van der Waals surface area contributed by atoms with E-state index >= 15 is 0 Å². The standard InChI is InChI=1S/C33H34N2O7S/c1-6-16-41-30-24(12-9-13-26(30)40-5)29-28(32(37)42-18-17-38-3)20(2)34-33-35(29)31(36)27(43-33)19-21-14-15-25(39-4)23-11-8-7-10-22(21)23/h7-15,19,29H,6,16-18H2,1-5H3/b27-19+/t29-/m0/s1. The summed E-state index contributed by atoms with van der Waals surface area (Å²) >= 11 is 1.27. The number of benzene rings is 3. The fraction of sp³-hybridized carbons (Fsp3) is 0.303. The fourth-order valence-corrected chi connectivity index (χ4v) is 6.22. The molecule has 0 amide bonds. The lowest BCUT2D eigenvalue weighted by Gasteiger charge is -2.27. The molecule has 224 valence electrons. The summed E-state index contributed by atoms with van der Waals surface area (Å²) in [6.07, 6.45) is 2.62. The maximum atomic E-state index is 14.3. The average Bonchev–Trinajstić information content (AvgIpc) is 3.33. The molecule has 1 atom stereocenters. The van der Waals surface area contributed by atoms with E-state index in [1.807, 2.05) is 61.5 Å². The quantitative estimate of drug-likeness (QED) is 0.186. The van der Waals surface area contributed by atoms with Gasteiger partial charge in [-0.15, -0.1) is 0 Å². The van der Waals surface area contributed by atoms with E-state index in [-0.39, 0.29) is 24.3 Å². The van der Waals surface area contributed by atoms with Crippen LogP contribution >= 0.6 is 11.3 Å². The van der Waals surface area contributed by atoms with E-state index < -0.39 is 12.0 Å². The number of para-hydroxylation sites is 1. The van der Waals surface area contributed by atoms with Gasteiger partial charge in [0.05, 0.1) is 43.2 Å². The van der Waals surface area contributed by atoms with Crippen LogP contribution in [0, 0.1) is 0 Å². The van der Waals surface area contributed by atoms with Crippen molar-refractivity contribution < 1.29 is 28.5 Å². The van der Waals surface area contributed by atoms with Gasteiger partial charge in [-0.3, -0.25) is 9.36 Å². The highest BCUT2D eigenvalue weighted by atomic mass is 32.1. The van der Waals surface area contributed by atoms with Crippen molar-refractivity contribution >= 4 is 34.2 Å². The van der Waals surface area contributed by atoms with Crippen molar-refractivity contribution in [3.05, 3.63) is 96.7 Å². The molecule has 0 N–H and O–H groups in total. The third-order valence-electron chi connectivity index (χ3n) is 7.16. The molecule has 0 saturated heterocycles. The molecule has 3 aromatic carbocycles. The second-order valence-corrected chi connectivity index (χ2v) is 10.8. The molecular formula is C33H34N2O7S. The van der Waals surface area contributed by atoms with Crippen molar-refractivity contribution in [1.82, 2.24) is 4.57 Å². The number of esters is 1. The third-order valence-corrected chi connectivity index (χ3v) is 8.14. The molecule has 5 rings (SSSR count). The lowest BCUT2D eigenvalue weighted by molar-refractivity contribution is -0.140. The van der Waals surface area contributed by atoms with E-state index in [0.717, 1.165) is 28.5 Å². The summed E-state index contributed by atoms with van der Waals surface area (Å²) in [5.41, 5.74) is 1.89. The van der Waals surface area contributed by atoms with Gasteiger partial charge in [0.15, 0.2) is 16.3 Å². The molecule has 2 heterocycles. The zero-order valence-electron chi connectivity index (χ0n) is 24.8. The van der Waals surface area contributed by atoms with Crippen molar-refractivity contribution in [2.45, 2.75) is 26.3 Å². The summed E-state index contributed by atoms with van der Waals surface area (Å²) in [6, 6.07) is 16.3.